The van der Waals surface area contributed by atoms with Crippen LogP contribution < -0.4 is 41.3 Å². The Morgan fingerprint density at radius 2 is 1.02 bits per heavy atom. The standard InChI is InChI=1S/C18H29N3O4.C13H21N3O2.C10H20N2O2.C8H9NO2.C5H5NO.C4H8O.3ClH/c1-18(2,3)25-17(23)21-10-6-14(7-11-21)20-12-15(22)13-24-16-4-8-19-9-5-16;17-12(9-16-11-1-5-14-6-2-11)10-18-13-3-7-15-8-4-13;1-10(2,3)14-9(13)12-6-4-8(11)5-7-12;1-3-9-4-2-7(1)10-5-8-6-11-8;7-5-1-3-6-4-2-5;5-3-4-1-2-4;;;/h4-5,8-9,14-15,20,22H,6-7,10-13H2,1-3H3;3-4,7-8,11-12,14,16-17H,1-2,5-6,9-10H2;8H,4-7,11H2,1-3H3;1-4,8H,5-6H2;1-4H,(H,6,7);4-5H,1-3H2;3*1H. The number of aliphatic hydroxyl groups is 3. The van der Waals surface area contributed by atoms with Crippen LogP contribution in [0.5, 0.6) is 17.2 Å². The molecule has 3 unspecified atom stereocenters. The number of ether oxygens (including phenoxy) is 6. The number of hydrogen-bond acceptors (Lipinski definition) is 19. The highest BCUT2D eigenvalue weighted by Crippen LogP contribution is 2.27. The van der Waals surface area contributed by atoms with Crippen molar-refractivity contribution in [2.75, 3.05) is 85.4 Å². The van der Waals surface area contributed by atoms with Gasteiger partial charge in [-0.2, -0.15) is 0 Å². The van der Waals surface area contributed by atoms with Crippen molar-refractivity contribution in [3.05, 3.63) is 108 Å². The van der Waals surface area contributed by atoms with Gasteiger partial charge in [-0.15, -0.1) is 37.2 Å². The first-order valence-corrected chi connectivity index (χ1v) is 28.0. The number of aromatic nitrogens is 4. The maximum absolute atomic E-state index is 12.0. The molecule has 8 heterocycles. The average Bonchev–Trinajstić information content (AvgIpc) is 4.43. The maximum Gasteiger partial charge on any atom is 0.410 e. The summed E-state index contributed by atoms with van der Waals surface area (Å²) >= 11 is 0. The highest BCUT2D eigenvalue weighted by Gasteiger charge is 2.28. The summed E-state index contributed by atoms with van der Waals surface area (Å²) in [5, 5.41) is 38.1. The third-order valence-corrected chi connectivity index (χ3v) is 12.3. The molecule has 5 fully saturated rings. The predicted molar refractivity (Wildman–Crippen MR) is 327 cm³/mol. The molecule has 3 atom stereocenters. The monoisotopic (exact) mass is 1230 g/mol. The number of piperidine rings is 3. The van der Waals surface area contributed by atoms with Crippen LogP contribution in [-0.4, -0.2) is 190 Å². The minimum atomic E-state index is -0.586. The number of rotatable bonds is 16. The summed E-state index contributed by atoms with van der Waals surface area (Å²) in [6.07, 6.45) is 20.3. The third-order valence-electron chi connectivity index (χ3n) is 12.3. The van der Waals surface area contributed by atoms with Gasteiger partial charge in [0, 0.05) is 126 Å². The van der Waals surface area contributed by atoms with Crippen molar-refractivity contribution in [3.8, 4) is 17.2 Å². The fourth-order valence-electron chi connectivity index (χ4n) is 7.46. The van der Waals surface area contributed by atoms with Gasteiger partial charge >= 0.3 is 12.2 Å². The molecule has 0 radical (unpaired) electrons. The Labute approximate surface area is 509 Å². The number of pyridine rings is 4. The first-order chi connectivity index (χ1) is 38.3. The van der Waals surface area contributed by atoms with Crippen LogP contribution in [0.4, 0.5) is 9.59 Å². The van der Waals surface area contributed by atoms with Gasteiger partial charge in [0.05, 0.1) is 6.61 Å². The molecular formula is C58H95Cl3N10O12. The lowest BCUT2D eigenvalue weighted by molar-refractivity contribution is 0.0187. The lowest BCUT2D eigenvalue weighted by atomic mass is 10.1. The second-order valence-corrected chi connectivity index (χ2v) is 22.0. The van der Waals surface area contributed by atoms with E-state index in [0.717, 1.165) is 82.8 Å². The molecule has 470 valence electrons. The van der Waals surface area contributed by atoms with E-state index >= 15 is 0 Å². The van der Waals surface area contributed by atoms with Crippen LogP contribution in [0.1, 0.15) is 92.9 Å². The fourth-order valence-corrected chi connectivity index (χ4v) is 7.46. The summed E-state index contributed by atoms with van der Waals surface area (Å²) in [6, 6.07) is 14.7. The van der Waals surface area contributed by atoms with E-state index in [1.54, 1.807) is 83.6 Å². The molecule has 1 aliphatic carbocycles. The Morgan fingerprint density at radius 3 is 1.36 bits per heavy atom. The van der Waals surface area contributed by atoms with E-state index in [0.29, 0.717) is 69.8 Å². The molecule has 4 saturated heterocycles. The van der Waals surface area contributed by atoms with Crippen molar-refractivity contribution >= 4 is 49.4 Å². The molecule has 25 heteroatoms. The zero-order valence-corrected chi connectivity index (χ0v) is 51.6. The lowest BCUT2D eigenvalue weighted by Gasteiger charge is -2.34. The van der Waals surface area contributed by atoms with Crippen LogP contribution in [0.2, 0.25) is 0 Å². The number of halogens is 3. The molecule has 4 aromatic rings. The number of H-pyrrole nitrogens is 1. The van der Waals surface area contributed by atoms with Crippen LogP contribution in [0.3, 0.4) is 0 Å². The lowest BCUT2D eigenvalue weighted by Crippen LogP contribution is -2.48. The van der Waals surface area contributed by atoms with Gasteiger partial charge in [0.1, 0.15) is 66.6 Å². The SMILES string of the molecule is CC(C)(C)OC(=O)N1CCC(N)CC1.CC(C)(C)OC(=O)N1CCC(NCC(O)COc2ccncc2)CC1.Cl.Cl.Cl.O=c1cc[nH]cc1.OC(CNC1CCNCC1)COc1ccncc1.OCC1CC1.c1cc(OCC2CO2)ccn1. The maximum atomic E-state index is 12.0. The molecule has 0 aromatic carbocycles. The Bertz CT molecular complexity index is 2270. The molecule has 1 saturated carbocycles. The highest BCUT2D eigenvalue weighted by atomic mass is 35.5. The fraction of sp³-hybridized carbons (Fsp3) is 0.621. The van der Waals surface area contributed by atoms with Crippen LogP contribution in [0.25, 0.3) is 0 Å². The number of likely N-dealkylation sites (tertiary alicyclic amines) is 2. The Hall–Kier alpha value is -5.11. The van der Waals surface area contributed by atoms with Gasteiger partial charge in [-0.05, 0) is 148 Å². The summed E-state index contributed by atoms with van der Waals surface area (Å²) in [6.45, 7) is 19.6. The summed E-state index contributed by atoms with van der Waals surface area (Å²) in [7, 11) is 0. The van der Waals surface area contributed by atoms with E-state index in [4.69, 9.17) is 39.3 Å². The quantitative estimate of drug-likeness (QED) is 0.0579. The second kappa shape index (κ2) is 42.7. The molecule has 9 rings (SSSR count). The van der Waals surface area contributed by atoms with Crippen molar-refractivity contribution in [2.24, 2.45) is 11.7 Å². The van der Waals surface area contributed by atoms with E-state index in [-0.39, 0.29) is 73.5 Å². The van der Waals surface area contributed by atoms with Gasteiger partial charge in [-0.1, -0.05) is 0 Å². The van der Waals surface area contributed by atoms with Crippen molar-refractivity contribution in [2.45, 2.75) is 141 Å². The molecule has 0 bridgehead atoms. The van der Waals surface area contributed by atoms with Gasteiger partial charge in [0.2, 0.25) is 0 Å². The number of hydrogen-bond donors (Lipinski definition) is 8. The van der Waals surface area contributed by atoms with Crippen LogP contribution in [-0.2, 0) is 14.2 Å². The van der Waals surface area contributed by atoms with Gasteiger partial charge < -0.3 is 80.2 Å². The van der Waals surface area contributed by atoms with Gasteiger partial charge in [0.25, 0.3) is 0 Å². The average molecular weight is 1230 g/mol. The summed E-state index contributed by atoms with van der Waals surface area (Å²) in [4.78, 5) is 51.8. The Balaban J connectivity index is 0.000000526. The number of aromatic amines is 1. The zero-order chi connectivity index (χ0) is 58.0. The number of amides is 2. The van der Waals surface area contributed by atoms with Crippen molar-refractivity contribution < 1.29 is 53.3 Å². The number of carbonyl (C=O) groups excluding carboxylic acids is 2. The first kappa shape index (κ1) is 75.9. The molecule has 9 N–H and O–H groups in total. The number of carbonyl (C=O) groups is 2. The minimum absolute atomic E-state index is 0. The molecule has 5 aliphatic rings. The topological polar surface area (TPSA) is 294 Å². The van der Waals surface area contributed by atoms with Crippen LogP contribution in [0, 0.1) is 5.92 Å². The molecule has 4 aromatic heterocycles. The molecular weight excluding hydrogens is 1140 g/mol. The highest BCUT2D eigenvalue weighted by molar-refractivity contribution is 5.86. The van der Waals surface area contributed by atoms with E-state index in [1.165, 1.54) is 25.0 Å². The number of nitrogens with one attached hydrogen (secondary N) is 4. The van der Waals surface area contributed by atoms with E-state index in [1.807, 2.05) is 53.7 Å². The largest absolute Gasteiger partial charge is 0.491 e. The van der Waals surface area contributed by atoms with Gasteiger partial charge in [-0.3, -0.25) is 19.7 Å². The van der Waals surface area contributed by atoms with Crippen LogP contribution in [0.15, 0.2) is 103 Å². The third kappa shape index (κ3) is 38.5. The number of epoxide rings is 1. The number of nitrogens with zero attached hydrogens (tertiary/aromatic N) is 5. The summed E-state index contributed by atoms with van der Waals surface area (Å²) in [5.41, 5.74) is 4.91. The van der Waals surface area contributed by atoms with Crippen molar-refractivity contribution in [1.82, 2.24) is 45.7 Å². The Kier molecular flexibility index (Phi) is 39.0. The smallest absolute Gasteiger partial charge is 0.410 e. The van der Waals surface area contributed by atoms with Gasteiger partial charge in [0.15, 0.2) is 5.43 Å². The normalized spacial score (nSPS) is 17.4. The summed E-state index contributed by atoms with van der Waals surface area (Å²) < 4.78 is 32.0. The minimum Gasteiger partial charge on any atom is -0.491 e. The molecule has 0 spiro atoms. The van der Waals surface area contributed by atoms with E-state index < -0.39 is 23.4 Å². The van der Waals surface area contributed by atoms with E-state index in [2.05, 4.69) is 35.9 Å². The molecule has 4 aliphatic heterocycles. The predicted octanol–water partition coefficient (Wildman–Crippen LogP) is 6.21. The Morgan fingerprint density at radius 1 is 0.639 bits per heavy atom. The van der Waals surface area contributed by atoms with E-state index in [9.17, 15) is 24.6 Å². The van der Waals surface area contributed by atoms with Crippen molar-refractivity contribution in [1.29, 1.82) is 0 Å². The second-order valence-electron chi connectivity index (χ2n) is 22.0. The van der Waals surface area contributed by atoms with Gasteiger partial charge in [-0.25, -0.2) is 9.59 Å². The molecule has 22 nitrogen and oxygen atoms in total. The molecule has 2 amide bonds. The zero-order valence-electron chi connectivity index (χ0n) is 49.2. The number of nitrogens with two attached hydrogens (primary N) is 1. The summed E-state index contributed by atoms with van der Waals surface area (Å²) in [5.74, 6) is 2.98. The first-order valence-electron chi connectivity index (χ1n) is 28.0. The molecule has 83 heavy (non-hydrogen) atoms. The number of aliphatic hydroxyl groups excluding tert-OH is 3. The van der Waals surface area contributed by atoms with Crippen molar-refractivity contribution in [3.63, 3.8) is 0 Å². The van der Waals surface area contributed by atoms with Crippen LogP contribution >= 0.6 is 37.2 Å².